The number of hydrogen-bond acceptors (Lipinski definition) is 3. The van der Waals surface area contributed by atoms with E-state index in [2.05, 4.69) is 51.8 Å². The van der Waals surface area contributed by atoms with E-state index in [1.165, 1.54) is 11.1 Å². The van der Waals surface area contributed by atoms with Crippen molar-refractivity contribution in [2.45, 2.75) is 32.9 Å². The van der Waals surface area contributed by atoms with E-state index in [0.29, 0.717) is 6.54 Å². The Hall–Kier alpha value is -2.34. The van der Waals surface area contributed by atoms with Crippen LogP contribution in [0, 0.1) is 0 Å². The smallest absolute Gasteiger partial charge is 0.319 e. The SMILES string of the molecule is CCCn1cc(NC(=O)NCCN2CCc3ccccc3C2)cn1. The Morgan fingerprint density at radius 3 is 2.92 bits per heavy atom. The van der Waals surface area contributed by atoms with Gasteiger partial charge in [-0.15, -0.1) is 0 Å². The van der Waals surface area contributed by atoms with Crippen LogP contribution in [-0.2, 0) is 19.5 Å². The van der Waals surface area contributed by atoms with Crippen molar-refractivity contribution in [2.75, 3.05) is 25.0 Å². The molecule has 6 heteroatoms. The Bertz CT molecular complexity index is 682. The van der Waals surface area contributed by atoms with E-state index >= 15 is 0 Å². The first-order chi connectivity index (χ1) is 11.7. The Morgan fingerprint density at radius 2 is 2.08 bits per heavy atom. The lowest BCUT2D eigenvalue weighted by molar-refractivity contribution is 0.239. The molecule has 1 aliphatic rings. The molecule has 0 saturated carbocycles. The van der Waals surface area contributed by atoms with Crippen LogP contribution in [0.2, 0.25) is 0 Å². The number of aryl methyl sites for hydroxylation is 1. The first-order valence-corrected chi connectivity index (χ1v) is 8.61. The number of benzene rings is 1. The largest absolute Gasteiger partial charge is 0.337 e. The normalized spacial score (nSPS) is 14.2. The minimum absolute atomic E-state index is 0.177. The van der Waals surface area contributed by atoms with Gasteiger partial charge in [0.25, 0.3) is 0 Å². The van der Waals surface area contributed by atoms with Crippen LogP contribution in [0.15, 0.2) is 36.7 Å². The summed E-state index contributed by atoms with van der Waals surface area (Å²) in [5.41, 5.74) is 3.58. The lowest BCUT2D eigenvalue weighted by Gasteiger charge is -2.28. The number of aromatic nitrogens is 2. The fourth-order valence-electron chi connectivity index (χ4n) is 3.03. The predicted octanol–water partition coefficient (Wildman–Crippen LogP) is 2.47. The maximum atomic E-state index is 11.9. The summed E-state index contributed by atoms with van der Waals surface area (Å²) >= 11 is 0. The average Bonchev–Trinajstić information content (AvgIpc) is 3.02. The van der Waals surface area contributed by atoms with Gasteiger partial charge in [-0.2, -0.15) is 5.10 Å². The monoisotopic (exact) mass is 327 g/mol. The highest BCUT2D eigenvalue weighted by Gasteiger charge is 2.15. The summed E-state index contributed by atoms with van der Waals surface area (Å²) in [6.07, 6.45) is 5.63. The van der Waals surface area contributed by atoms with Crippen LogP contribution in [0.25, 0.3) is 0 Å². The fraction of sp³-hybridized carbons (Fsp3) is 0.444. The maximum absolute atomic E-state index is 11.9. The van der Waals surface area contributed by atoms with Gasteiger partial charge in [-0.1, -0.05) is 31.2 Å². The second-order valence-corrected chi connectivity index (χ2v) is 6.17. The van der Waals surface area contributed by atoms with E-state index < -0.39 is 0 Å². The van der Waals surface area contributed by atoms with Crippen molar-refractivity contribution in [1.82, 2.24) is 20.0 Å². The van der Waals surface area contributed by atoms with Gasteiger partial charge in [0.15, 0.2) is 0 Å². The van der Waals surface area contributed by atoms with Crippen molar-refractivity contribution in [3.05, 3.63) is 47.8 Å². The molecule has 3 rings (SSSR count). The van der Waals surface area contributed by atoms with E-state index in [9.17, 15) is 4.79 Å². The van der Waals surface area contributed by atoms with Gasteiger partial charge < -0.3 is 10.6 Å². The highest BCUT2D eigenvalue weighted by Crippen LogP contribution is 2.17. The van der Waals surface area contributed by atoms with Crippen molar-refractivity contribution in [3.63, 3.8) is 0 Å². The molecule has 2 N–H and O–H groups in total. The Labute approximate surface area is 142 Å². The maximum Gasteiger partial charge on any atom is 0.319 e. The second-order valence-electron chi connectivity index (χ2n) is 6.17. The number of nitrogens with one attached hydrogen (secondary N) is 2. The molecule has 2 heterocycles. The summed E-state index contributed by atoms with van der Waals surface area (Å²) in [4.78, 5) is 14.3. The molecular formula is C18H25N5O. The van der Waals surface area contributed by atoms with Gasteiger partial charge in [0.05, 0.1) is 11.9 Å². The van der Waals surface area contributed by atoms with E-state index in [0.717, 1.165) is 44.7 Å². The number of carbonyl (C=O) groups excluding carboxylic acids is 1. The molecule has 0 atom stereocenters. The fourth-order valence-corrected chi connectivity index (χ4v) is 3.03. The summed E-state index contributed by atoms with van der Waals surface area (Å²) in [5, 5.41) is 9.94. The molecule has 128 valence electrons. The van der Waals surface area contributed by atoms with Gasteiger partial charge in [0, 0.05) is 38.9 Å². The number of urea groups is 1. The molecule has 0 aliphatic carbocycles. The molecule has 0 spiro atoms. The zero-order valence-electron chi connectivity index (χ0n) is 14.2. The number of anilines is 1. The van der Waals surface area contributed by atoms with Crippen molar-refractivity contribution in [1.29, 1.82) is 0 Å². The van der Waals surface area contributed by atoms with Gasteiger partial charge in [0.2, 0.25) is 0 Å². The summed E-state index contributed by atoms with van der Waals surface area (Å²) in [7, 11) is 0. The summed E-state index contributed by atoms with van der Waals surface area (Å²) < 4.78 is 1.83. The Balaban J connectivity index is 1.39. The number of nitrogens with zero attached hydrogens (tertiary/aromatic N) is 3. The third-order valence-electron chi connectivity index (χ3n) is 4.27. The van der Waals surface area contributed by atoms with Gasteiger partial charge in [-0.05, 0) is 24.0 Å². The molecule has 0 bridgehead atoms. The molecule has 6 nitrogen and oxygen atoms in total. The number of hydrogen-bond donors (Lipinski definition) is 2. The lowest BCUT2D eigenvalue weighted by Crippen LogP contribution is -2.39. The quantitative estimate of drug-likeness (QED) is 0.857. The second kappa shape index (κ2) is 7.97. The van der Waals surface area contributed by atoms with Crippen LogP contribution in [0.5, 0.6) is 0 Å². The van der Waals surface area contributed by atoms with Gasteiger partial charge in [0.1, 0.15) is 0 Å². The number of carbonyl (C=O) groups is 1. The highest BCUT2D eigenvalue weighted by atomic mass is 16.2. The number of rotatable bonds is 6. The summed E-state index contributed by atoms with van der Waals surface area (Å²) in [6, 6.07) is 8.41. The lowest BCUT2D eigenvalue weighted by atomic mass is 10.00. The first kappa shape index (κ1) is 16.5. The first-order valence-electron chi connectivity index (χ1n) is 8.61. The molecule has 1 aromatic carbocycles. The Morgan fingerprint density at radius 1 is 1.25 bits per heavy atom. The molecular weight excluding hydrogens is 302 g/mol. The van der Waals surface area contributed by atoms with Gasteiger partial charge in [-0.25, -0.2) is 4.79 Å². The minimum Gasteiger partial charge on any atom is -0.337 e. The molecule has 24 heavy (non-hydrogen) atoms. The third-order valence-corrected chi connectivity index (χ3v) is 4.27. The zero-order chi connectivity index (χ0) is 16.8. The van der Waals surface area contributed by atoms with Gasteiger partial charge in [-0.3, -0.25) is 9.58 Å². The van der Waals surface area contributed by atoms with Crippen LogP contribution >= 0.6 is 0 Å². The van der Waals surface area contributed by atoms with Crippen molar-refractivity contribution in [2.24, 2.45) is 0 Å². The Kier molecular flexibility index (Phi) is 5.48. The molecule has 2 aromatic rings. The van der Waals surface area contributed by atoms with Crippen LogP contribution in [0.4, 0.5) is 10.5 Å². The minimum atomic E-state index is -0.177. The summed E-state index contributed by atoms with van der Waals surface area (Å²) in [6.45, 7) is 6.46. The number of amides is 2. The molecule has 1 aliphatic heterocycles. The van der Waals surface area contributed by atoms with E-state index in [4.69, 9.17) is 0 Å². The van der Waals surface area contributed by atoms with E-state index in [1.807, 2.05) is 10.9 Å². The van der Waals surface area contributed by atoms with E-state index in [1.54, 1.807) is 6.20 Å². The van der Waals surface area contributed by atoms with E-state index in [-0.39, 0.29) is 6.03 Å². The van der Waals surface area contributed by atoms with Gasteiger partial charge >= 0.3 is 6.03 Å². The highest BCUT2D eigenvalue weighted by molar-refractivity contribution is 5.88. The molecule has 0 saturated heterocycles. The molecule has 0 unspecified atom stereocenters. The zero-order valence-corrected chi connectivity index (χ0v) is 14.2. The van der Waals surface area contributed by atoms with Crippen LogP contribution in [0.3, 0.4) is 0 Å². The molecule has 1 aromatic heterocycles. The van der Waals surface area contributed by atoms with Crippen LogP contribution < -0.4 is 10.6 Å². The standard InChI is InChI=1S/C18H25N5O/c1-2-9-23-14-17(12-20-23)21-18(24)19-8-11-22-10-7-15-5-3-4-6-16(15)13-22/h3-6,12,14H,2,7-11,13H2,1H3,(H2,19,21,24). The predicted molar refractivity (Wildman–Crippen MR) is 95.0 cm³/mol. The van der Waals surface area contributed by atoms with Crippen molar-refractivity contribution in [3.8, 4) is 0 Å². The molecule has 0 fully saturated rings. The molecule has 0 radical (unpaired) electrons. The number of fused-ring (bicyclic) bond motifs is 1. The average molecular weight is 327 g/mol. The van der Waals surface area contributed by atoms with Crippen molar-refractivity contribution < 1.29 is 4.79 Å². The van der Waals surface area contributed by atoms with Crippen LogP contribution in [-0.4, -0.2) is 40.3 Å². The topological polar surface area (TPSA) is 62.2 Å². The van der Waals surface area contributed by atoms with Crippen molar-refractivity contribution >= 4 is 11.7 Å². The van der Waals surface area contributed by atoms with Crippen LogP contribution in [0.1, 0.15) is 24.5 Å². The third kappa shape index (κ3) is 4.35. The summed E-state index contributed by atoms with van der Waals surface area (Å²) in [5.74, 6) is 0. The molecule has 2 amide bonds.